The molecule has 1 fully saturated rings. The van der Waals surface area contributed by atoms with Crippen molar-refractivity contribution in [3.05, 3.63) is 12.2 Å². The van der Waals surface area contributed by atoms with Crippen molar-refractivity contribution >= 4 is 59.6 Å². The fourth-order valence-corrected chi connectivity index (χ4v) is 8.17. The maximum absolute atomic E-state index is 14.1. The van der Waals surface area contributed by atoms with Crippen molar-refractivity contribution in [1.82, 2.24) is 57.2 Å². The van der Waals surface area contributed by atoms with E-state index in [2.05, 4.69) is 42.5 Å². The zero-order valence-electron chi connectivity index (χ0n) is 48.3. The molecule has 0 aliphatic carbocycles. The molecule has 428 valence electrons. The Hall–Kier alpha value is -5.64. The lowest BCUT2D eigenvalue weighted by atomic mass is 9.95. The number of hydrogen-bond acceptors (Lipinski definition) is 12. The molecule has 0 unspecified atom stereocenters. The predicted octanol–water partition coefficient (Wildman–Crippen LogP) is 1.20. The Morgan fingerprint density at radius 2 is 1.21 bits per heavy atom. The van der Waals surface area contributed by atoms with Crippen LogP contribution in [0.25, 0.3) is 0 Å². The first kappa shape index (κ1) is 67.4. The van der Waals surface area contributed by atoms with Crippen LogP contribution >= 0.6 is 0 Å². The largest absolute Gasteiger partial charge is 0.390 e. The van der Waals surface area contributed by atoms with Gasteiger partial charge in [0.1, 0.15) is 46.9 Å². The summed E-state index contributed by atoms with van der Waals surface area (Å²) in [4.78, 5) is 140. The number of likely N-dealkylation sites (tertiary alicyclic amines) is 1. The smallest absolute Gasteiger partial charge is 0.247 e. The van der Waals surface area contributed by atoms with Crippen LogP contribution in [-0.4, -0.2) is 172 Å². The maximum atomic E-state index is 14.1. The lowest BCUT2D eigenvalue weighted by molar-refractivity contribution is -0.144. The molecule has 8 atom stereocenters. The fraction of sp³-hybridized carbons (Fsp3) is 0.774. The molecule has 0 radical (unpaired) electrons. The number of nitrogens with zero attached hydrogens (tertiary/aromatic N) is 3. The topological polar surface area (TPSA) is 297 Å². The van der Waals surface area contributed by atoms with E-state index in [-0.39, 0.29) is 61.4 Å². The van der Waals surface area contributed by atoms with Crippen molar-refractivity contribution in [3.8, 4) is 0 Å². The number of aliphatic hydroxyl groups is 1. The minimum atomic E-state index is -1.75. The Bertz CT molecular complexity index is 2000. The van der Waals surface area contributed by atoms with Gasteiger partial charge in [0.15, 0.2) is 0 Å². The average Bonchev–Trinajstić information content (AvgIpc) is 3.77. The summed E-state index contributed by atoms with van der Waals surface area (Å²) in [6, 6.07) is -5.30. The Morgan fingerprint density at radius 3 is 1.73 bits per heavy atom. The summed E-state index contributed by atoms with van der Waals surface area (Å²) < 4.78 is 0. The van der Waals surface area contributed by atoms with E-state index in [1.807, 2.05) is 67.5 Å². The number of carbonyl (C=O) groups is 10. The molecule has 1 heterocycles. The van der Waals surface area contributed by atoms with Gasteiger partial charge in [-0.2, -0.15) is 0 Å². The highest BCUT2D eigenvalue weighted by Gasteiger charge is 2.43. The van der Waals surface area contributed by atoms with Crippen LogP contribution < -0.4 is 42.5 Å². The van der Waals surface area contributed by atoms with Gasteiger partial charge in [0, 0.05) is 32.1 Å². The molecular weight excluding hydrogens is 967 g/mol. The quantitative estimate of drug-likeness (QED) is 0.0350. The van der Waals surface area contributed by atoms with E-state index in [1.54, 1.807) is 19.9 Å². The van der Waals surface area contributed by atoms with E-state index in [0.717, 1.165) is 6.42 Å². The van der Waals surface area contributed by atoms with Crippen LogP contribution in [0.2, 0.25) is 0 Å². The van der Waals surface area contributed by atoms with Gasteiger partial charge in [-0.3, -0.25) is 47.9 Å². The molecule has 1 rings (SSSR count). The first-order chi connectivity index (χ1) is 34.5. The molecule has 22 heteroatoms. The van der Waals surface area contributed by atoms with Crippen molar-refractivity contribution in [1.29, 1.82) is 0 Å². The third-order valence-corrected chi connectivity index (χ3v) is 13.0. The number of rotatable bonds is 31. The second-order valence-corrected chi connectivity index (χ2v) is 23.2. The van der Waals surface area contributed by atoms with Crippen molar-refractivity contribution < 1.29 is 53.1 Å². The van der Waals surface area contributed by atoms with Crippen LogP contribution in [0.15, 0.2) is 12.2 Å². The number of aliphatic hydroxyl groups excluding tert-OH is 1. The van der Waals surface area contributed by atoms with Gasteiger partial charge in [0.05, 0.1) is 6.10 Å². The summed E-state index contributed by atoms with van der Waals surface area (Å²) in [6.07, 6.45) is 3.68. The van der Waals surface area contributed by atoms with Gasteiger partial charge in [0.2, 0.25) is 59.6 Å². The van der Waals surface area contributed by atoms with Crippen molar-refractivity contribution in [2.75, 3.05) is 33.7 Å². The lowest BCUT2D eigenvalue weighted by Gasteiger charge is -2.37. The van der Waals surface area contributed by atoms with Crippen molar-refractivity contribution in [2.24, 2.45) is 23.7 Å². The number of nitrogens with one attached hydrogen (secondary N) is 8. The maximum Gasteiger partial charge on any atom is 0.247 e. The molecule has 1 saturated heterocycles. The van der Waals surface area contributed by atoms with Gasteiger partial charge >= 0.3 is 0 Å². The van der Waals surface area contributed by atoms with E-state index >= 15 is 0 Å². The summed E-state index contributed by atoms with van der Waals surface area (Å²) in [5.74, 6) is -6.44. The summed E-state index contributed by atoms with van der Waals surface area (Å²) >= 11 is 0. The van der Waals surface area contributed by atoms with Crippen LogP contribution in [0.1, 0.15) is 149 Å². The highest BCUT2D eigenvalue weighted by molar-refractivity contribution is 5.99. The molecule has 9 N–H and O–H groups in total. The van der Waals surface area contributed by atoms with E-state index < -0.39 is 100 Å². The number of allylic oxidation sites excluding steroid dienone is 1. The zero-order chi connectivity index (χ0) is 57.9. The second-order valence-electron chi connectivity index (χ2n) is 23.2. The monoisotopic (exact) mass is 1060 g/mol. The van der Waals surface area contributed by atoms with E-state index in [0.29, 0.717) is 32.3 Å². The van der Waals surface area contributed by atoms with Crippen LogP contribution in [0, 0.1) is 23.7 Å². The normalized spacial score (nSPS) is 17.1. The van der Waals surface area contributed by atoms with Gasteiger partial charge in [-0.15, -0.1) is 0 Å². The minimum Gasteiger partial charge on any atom is -0.390 e. The summed E-state index contributed by atoms with van der Waals surface area (Å²) in [7, 11) is 3.78. The third kappa shape index (κ3) is 22.2. The molecule has 1 aliphatic heterocycles. The summed E-state index contributed by atoms with van der Waals surface area (Å²) in [5.41, 5.74) is -4.81. The molecule has 0 aromatic heterocycles. The molecule has 10 amide bonds. The fourth-order valence-electron chi connectivity index (χ4n) is 8.17. The van der Waals surface area contributed by atoms with Crippen LogP contribution in [0.3, 0.4) is 0 Å². The molecular formula is C53H95N11O11. The Balaban J connectivity index is 3.22. The standard InChI is InChI=1S/C53H95N11O11/c1-19-34(8)22-23-41(67)63-26-20-21-40(63)64(30-65)36(10)44(69)58-42(43(68)33(6)7)47(72)60-52(13,14)49(74)57-37(27-31(2)3)45(70)56-38(28-32(4)5)46(71)59-53(15,16)50(75)61-51(11,12)48(73)54-25-24-39(66)55-35(9)29-62(17)18/h22-23,30-38,40,42-43,68H,19-21,24-29H2,1-18H3,(H,54,73)(H,55,66)(H,56,70)(H,57,74)(H,58,69)(H,59,71)(H,60,72)(H,61,75)/b23-22+/t34-,35-,36-,37-,38-,40+,42-,43+/m0/s1. The van der Waals surface area contributed by atoms with E-state index in [9.17, 15) is 53.1 Å². The second kappa shape index (κ2) is 30.2. The number of amides is 10. The summed E-state index contributed by atoms with van der Waals surface area (Å²) in [5, 5.41) is 32.8. The highest BCUT2D eigenvalue weighted by atomic mass is 16.3. The van der Waals surface area contributed by atoms with Crippen LogP contribution in [0.5, 0.6) is 0 Å². The third-order valence-electron chi connectivity index (χ3n) is 13.0. The van der Waals surface area contributed by atoms with Crippen LogP contribution in [0.4, 0.5) is 0 Å². The SMILES string of the molecule is CC[C@H](C)/C=C/C(=O)N1CCC[C@H]1N(C=O)[C@@H](C)C(=O)N[C@H](C(=O)NC(C)(C)C(=O)N[C@@H](CC(C)C)C(=O)N[C@@H](CC(C)C)C(=O)NC(C)(C)C(=O)NC(C)(C)C(=O)NCCC(=O)N[C@@H](C)CN(C)C)[C@H](O)C(C)C. The number of carbonyl (C=O) groups excluding carboxylic acids is 10. The molecule has 22 nitrogen and oxygen atoms in total. The van der Waals surface area contributed by atoms with Gasteiger partial charge in [-0.05, 0) is 125 Å². The highest BCUT2D eigenvalue weighted by Crippen LogP contribution is 2.23. The van der Waals surface area contributed by atoms with Gasteiger partial charge in [-0.1, -0.05) is 67.9 Å². The van der Waals surface area contributed by atoms with Crippen molar-refractivity contribution in [3.63, 3.8) is 0 Å². The molecule has 0 aromatic carbocycles. The molecule has 75 heavy (non-hydrogen) atoms. The Kier molecular flexibility index (Phi) is 27.1. The molecule has 0 saturated carbocycles. The van der Waals surface area contributed by atoms with E-state index in [4.69, 9.17) is 0 Å². The number of hydrogen-bond donors (Lipinski definition) is 9. The Morgan fingerprint density at radius 1 is 0.680 bits per heavy atom. The average molecular weight is 1060 g/mol. The molecule has 1 aliphatic rings. The van der Waals surface area contributed by atoms with E-state index in [1.165, 1.54) is 64.3 Å². The molecule has 0 spiro atoms. The summed E-state index contributed by atoms with van der Waals surface area (Å²) in [6.45, 7) is 27.5. The Labute approximate surface area is 446 Å². The van der Waals surface area contributed by atoms with Crippen LogP contribution in [-0.2, 0) is 47.9 Å². The first-order valence-electron chi connectivity index (χ1n) is 26.5. The number of likely N-dealkylation sites (N-methyl/N-ethyl adjacent to an activating group) is 1. The molecule has 0 aromatic rings. The first-order valence-corrected chi connectivity index (χ1v) is 26.5. The van der Waals surface area contributed by atoms with Crippen molar-refractivity contribution in [2.45, 2.75) is 208 Å². The van der Waals surface area contributed by atoms with Gasteiger partial charge in [0.25, 0.3) is 0 Å². The zero-order valence-corrected chi connectivity index (χ0v) is 48.3. The van der Waals surface area contributed by atoms with Gasteiger partial charge in [-0.25, -0.2) is 0 Å². The van der Waals surface area contributed by atoms with Gasteiger partial charge < -0.3 is 62.3 Å². The molecule has 0 bridgehead atoms. The predicted molar refractivity (Wildman–Crippen MR) is 287 cm³/mol. The minimum absolute atomic E-state index is 0.0204. The lowest BCUT2D eigenvalue weighted by Crippen LogP contribution is -2.66.